The van der Waals surface area contributed by atoms with Gasteiger partial charge in [-0.05, 0) is 23.8 Å². The predicted octanol–water partition coefficient (Wildman–Crippen LogP) is 5.22. The summed E-state index contributed by atoms with van der Waals surface area (Å²) in [6, 6.07) is 18.4. The number of halogens is 1. The van der Waals surface area contributed by atoms with E-state index in [4.69, 9.17) is 11.6 Å². The van der Waals surface area contributed by atoms with Crippen molar-refractivity contribution in [1.82, 2.24) is 4.98 Å². The van der Waals surface area contributed by atoms with Gasteiger partial charge in [-0.15, -0.1) is 11.8 Å². The Morgan fingerprint density at radius 2 is 1.90 bits per heavy atom. The summed E-state index contributed by atoms with van der Waals surface area (Å²) < 4.78 is 0. The Morgan fingerprint density at radius 1 is 1.10 bits per heavy atom. The highest BCUT2D eigenvalue weighted by molar-refractivity contribution is 7.98. The Hall–Kier alpha value is -1.71. The minimum absolute atomic E-state index is 0.710. The van der Waals surface area contributed by atoms with E-state index in [1.807, 2.05) is 43.1 Å². The third-order valence-corrected chi connectivity index (χ3v) is 4.59. The number of benzene rings is 2. The first kappa shape index (κ1) is 14.2. The number of hydrogen-bond acceptors (Lipinski definition) is 3. The van der Waals surface area contributed by atoms with E-state index in [0.29, 0.717) is 5.02 Å². The van der Waals surface area contributed by atoms with E-state index in [-0.39, 0.29) is 0 Å². The first-order valence-corrected chi connectivity index (χ1v) is 8.07. The standard InChI is InChI=1S/C17H15ClN2S/c1-19-17-10-16(21-11-12-5-3-2-4-6-12)14-8-7-13(18)9-15(14)20-17/h2-10H,11H2,1H3,(H,19,20). The zero-order valence-electron chi connectivity index (χ0n) is 11.6. The number of hydrogen-bond donors (Lipinski definition) is 1. The second-order valence-electron chi connectivity index (χ2n) is 4.69. The Labute approximate surface area is 133 Å². The summed E-state index contributed by atoms with van der Waals surface area (Å²) in [6.07, 6.45) is 0. The molecule has 0 unspecified atom stereocenters. The summed E-state index contributed by atoms with van der Waals surface area (Å²) in [7, 11) is 1.88. The van der Waals surface area contributed by atoms with E-state index in [2.05, 4.69) is 40.6 Å². The molecule has 3 aromatic rings. The lowest BCUT2D eigenvalue weighted by Crippen LogP contribution is -1.94. The maximum absolute atomic E-state index is 6.07. The van der Waals surface area contributed by atoms with Crippen molar-refractivity contribution in [2.75, 3.05) is 12.4 Å². The number of rotatable bonds is 4. The fraction of sp³-hybridized carbons (Fsp3) is 0.118. The molecule has 2 aromatic carbocycles. The second-order valence-corrected chi connectivity index (χ2v) is 6.14. The van der Waals surface area contributed by atoms with Gasteiger partial charge in [-0.25, -0.2) is 4.98 Å². The van der Waals surface area contributed by atoms with Crippen molar-refractivity contribution >= 4 is 40.1 Å². The lowest BCUT2D eigenvalue weighted by Gasteiger charge is -2.09. The van der Waals surface area contributed by atoms with Crippen molar-refractivity contribution in [1.29, 1.82) is 0 Å². The van der Waals surface area contributed by atoms with Crippen LogP contribution in [0.15, 0.2) is 59.5 Å². The van der Waals surface area contributed by atoms with Crippen LogP contribution in [0.1, 0.15) is 5.56 Å². The van der Waals surface area contributed by atoms with Crippen LogP contribution in [0, 0.1) is 0 Å². The van der Waals surface area contributed by atoms with Gasteiger partial charge >= 0.3 is 0 Å². The van der Waals surface area contributed by atoms with Gasteiger partial charge in [0.25, 0.3) is 0 Å². The number of fused-ring (bicyclic) bond motifs is 1. The third-order valence-electron chi connectivity index (χ3n) is 3.23. The maximum Gasteiger partial charge on any atom is 0.127 e. The highest BCUT2D eigenvalue weighted by Crippen LogP contribution is 2.32. The minimum atomic E-state index is 0.710. The van der Waals surface area contributed by atoms with E-state index in [1.54, 1.807) is 0 Å². The molecule has 3 rings (SSSR count). The van der Waals surface area contributed by atoms with Gasteiger partial charge in [0.05, 0.1) is 5.52 Å². The van der Waals surface area contributed by atoms with Gasteiger partial charge in [0.1, 0.15) is 5.82 Å². The zero-order chi connectivity index (χ0) is 14.7. The minimum Gasteiger partial charge on any atom is -0.373 e. The molecule has 4 heteroatoms. The molecule has 1 N–H and O–H groups in total. The molecule has 1 heterocycles. The Morgan fingerprint density at radius 3 is 2.67 bits per heavy atom. The van der Waals surface area contributed by atoms with Crippen LogP contribution in [0.2, 0.25) is 5.02 Å². The molecule has 1 aromatic heterocycles. The van der Waals surface area contributed by atoms with Gasteiger partial charge in [0.15, 0.2) is 0 Å². The molecule has 0 saturated heterocycles. The predicted molar refractivity (Wildman–Crippen MR) is 92.3 cm³/mol. The summed E-state index contributed by atoms with van der Waals surface area (Å²) in [4.78, 5) is 5.77. The summed E-state index contributed by atoms with van der Waals surface area (Å²) in [5.74, 6) is 1.80. The van der Waals surface area contributed by atoms with Gasteiger partial charge in [0, 0.05) is 28.1 Å². The fourth-order valence-electron chi connectivity index (χ4n) is 2.15. The van der Waals surface area contributed by atoms with Gasteiger partial charge in [-0.2, -0.15) is 0 Å². The van der Waals surface area contributed by atoms with Crippen LogP contribution in [-0.4, -0.2) is 12.0 Å². The lowest BCUT2D eigenvalue weighted by atomic mass is 10.2. The van der Waals surface area contributed by atoms with Crippen molar-refractivity contribution in [3.8, 4) is 0 Å². The fourth-order valence-corrected chi connectivity index (χ4v) is 3.36. The largest absolute Gasteiger partial charge is 0.373 e. The normalized spacial score (nSPS) is 10.8. The van der Waals surface area contributed by atoms with Gasteiger partial charge < -0.3 is 5.32 Å². The van der Waals surface area contributed by atoms with E-state index in [1.165, 1.54) is 10.5 Å². The molecular weight excluding hydrogens is 300 g/mol. The summed E-state index contributed by atoms with van der Waals surface area (Å²) in [6.45, 7) is 0. The number of pyridine rings is 1. The molecule has 0 saturated carbocycles. The quantitative estimate of drug-likeness (QED) is 0.668. The van der Waals surface area contributed by atoms with Crippen molar-refractivity contribution in [2.24, 2.45) is 0 Å². The number of anilines is 1. The van der Waals surface area contributed by atoms with Crippen molar-refractivity contribution < 1.29 is 0 Å². The van der Waals surface area contributed by atoms with Crippen LogP contribution in [0.3, 0.4) is 0 Å². The van der Waals surface area contributed by atoms with Gasteiger partial charge in [0.2, 0.25) is 0 Å². The Kier molecular flexibility index (Phi) is 4.32. The Bertz CT molecular complexity index is 759. The second kappa shape index (κ2) is 6.37. The first-order valence-electron chi connectivity index (χ1n) is 6.71. The molecule has 0 radical (unpaired) electrons. The molecule has 0 fully saturated rings. The lowest BCUT2D eigenvalue weighted by molar-refractivity contribution is 1.30. The average Bonchev–Trinajstić information content (AvgIpc) is 2.52. The zero-order valence-corrected chi connectivity index (χ0v) is 13.2. The Balaban J connectivity index is 1.96. The molecule has 0 aliphatic heterocycles. The van der Waals surface area contributed by atoms with Crippen LogP contribution in [0.4, 0.5) is 5.82 Å². The molecule has 2 nitrogen and oxygen atoms in total. The van der Waals surface area contributed by atoms with Crippen LogP contribution >= 0.6 is 23.4 Å². The highest BCUT2D eigenvalue weighted by atomic mass is 35.5. The molecule has 0 atom stereocenters. The molecule has 106 valence electrons. The molecule has 21 heavy (non-hydrogen) atoms. The van der Waals surface area contributed by atoms with Crippen molar-refractivity contribution in [3.63, 3.8) is 0 Å². The summed E-state index contributed by atoms with van der Waals surface area (Å²) in [5.41, 5.74) is 2.23. The van der Waals surface area contributed by atoms with E-state index >= 15 is 0 Å². The molecule has 0 bridgehead atoms. The van der Waals surface area contributed by atoms with Crippen LogP contribution in [0.25, 0.3) is 10.9 Å². The third kappa shape index (κ3) is 3.31. The summed E-state index contributed by atoms with van der Waals surface area (Å²) in [5, 5.41) is 4.96. The molecule has 0 spiro atoms. The number of nitrogens with one attached hydrogen (secondary N) is 1. The highest BCUT2D eigenvalue weighted by Gasteiger charge is 2.07. The van der Waals surface area contributed by atoms with Crippen molar-refractivity contribution in [3.05, 3.63) is 65.2 Å². The first-order chi connectivity index (χ1) is 10.3. The molecular formula is C17H15ClN2S. The number of nitrogens with zero attached hydrogens (tertiary/aromatic N) is 1. The molecule has 0 amide bonds. The number of thioether (sulfide) groups is 1. The van der Waals surface area contributed by atoms with Crippen molar-refractivity contribution in [2.45, 2.75) is 10.6 Å². The van der Waals surface area contributed by atoms with Gasteiger partial charge in [-0.3, -0.25) is 0 Å². The van der Waals surface area contributed by atoms with E-state index < -0.39 is 0 Å². The maximum atomic E-state index is 6.07. The van der Waals surface area contributed by atoms with E-state index in [9.17, 15) is 0 Å². The summed E-state index contributed by atoms with van der Waals surface area (Å²) >= 11 is 7.89. The van der Waals surface area contributed by atoms with Crippen LogP contribution in [0.5, 0.6) is 0 Å². The van der Waals surface area contributed by atoms with Gasteiger partial charge in [-0.1, -0.05) is 48.0 Å². The molecule has 0 aliphatic rings. The van der Waals surface area contributed by atoms with E-state index in [0.717, 1.165) is 22.5 Å². The van der Waals surface area contributed by atoms with Crippen LogP contribution in [-0.2, 0) is 5.75 Å². The van der Waals surface area contributed by atoms with Crippen LogP contribution < -0.4 is 5.32 Å². The molecule has 0 aliphatic carbocycles. The average molecular weight is 315 g/mol. The SMILES string of the molecule is CNc1cc(SCc2ccccc2)c2ccc(Cl)cc2n1. The monoisotopic (exact) mass is 314 g/mol. The number of aromatic nitrogens is 1. The smallest absolute Gasteiger partial charge is 0.127 e. The topological polar surface area (TPSA) is 24.9 Å².